The van der Waals surface area contributed by atoms with Gasteiger partial charge < -0.3 is 23.1 Å². The first-order valence-electron chi connectivity index (χ1n) is 11.8. The van der Waals surface area contributed by atoms with Crippen molar-refractivity contribution in [2.75, 3.05) is 37.9 Å². The van der Waals surface area contributed by atoms with Gasteiger partial charge in [0.05, 0.1) is 6.67 Å². The summed E-state index contributed by atoms with van der Waals surface area (Å²) in [6.07, 6.45) is 10.1. The standard InChI is InChI=1S/C24H42N2O3Si/c1-6-12-22-14-15-24(23(20-22)13-7-2)26-18-17-25(21-26)16-11-19-30(27-8-3,28-9-4)29-10-5/h14-15,17-18,20H,6-13,16,19,21H2,1-5H3. The first kappa shape index (κ1) is 24.9. The molecular weight excluding hydrogens is 392 g/mol. The molecule has 1 aliphatic heterocycles. The summed E-state index contributed by atoms with van der Waals surface area (Å²) < 4.78 is 18.0. The van der Waals surface area contributed by atoms with Crippen molar-refractivity contribution in [3.05, 3.63) is 41.7 Å². The average Bonchev–Trinajstić information content (AvgIpc) is 3.18. The molecule has 1 aromatic rings. The minimum absolute atomic E-state index is 0.637. The number of benzene rings is 1. The third-order valence-electron chi connectivity index (χ3n) is 5.32. The van der Waals surface area contributed by atoms with Gasteiger partial charge in [0.15, 0.2) is 0 Å². The Morgan fingerprint density at radius 3 is 2.13 bits per heavy atom. The Morgan fingerprint density at radius 2 is 1.53 bits per heavy atom. The van der Waals surface area contributed by atoms with Crippen LogP contribution in [0.3, 0.4) is 0 Å². The van der Waals surface area contributed by atoms with E-state index in [2.05, 4.69) is 54.2 Å². The molecule has 0 aromatic heterocycles. The second-order valence-corrected chi connectivity index (χ2v) is 10.5. The summed E-state index contributed by atoms with van der Waals surface area (Å²) in [5, 5.41) is 0. The van der Waals surface area contributed by atoms with Crippen LogP contribution in [0.2, 0.25) is 6.04 Å². The van der Waals surface area contributed by atoms with Gasteiger partial charge >= 0.3 is 8.80 Å². The van der Waals surface area contributed by atoms with Crippen molar-refractivity contribution in [3.63, 3.8) is 0 Å². The maximum Gasteiger partial charge on any atom is 0.500 e. The van der Waals surface area contributed by atoms with E-state index in [1.165, 1.54) is 29.7 Å². The summed E-state index contributed by atoms with van der Waals surface area (Å²) in [5.41, 5.74) is 4.26. The molecule has 0 spiro atoms. The molecule has 1 aromatic carbocycles. The van der Waals surface area contributed by atoms with Crippen LogP contribution in [-0.4, -0.2) is 46.7 Å². The average molecular weight is 435 g/mol. The van der Waals surface area contributed by atoms with Crippen molar-refractivity contribution in [2.45, 2.75) is 72.8 Å². The lowest BCUT2D eigenvalue weighted by Gasteiger charge is -2.29. The van der Waals surface area contributed by atoms with Gasteiger partial charge in [-0.25, -0.2) is 0 Å². The molecular formula is C24H42N2O3Si. The lowest BCUT2D eigenvalue weighted by atomic mass is 10.0. The van der Waals surface area contributed by atoms with Crippen molar-refractivity contribution >= 4 is 14.5 Å². The Morgan fingerprint density at radius 1 is 0.867 bits per heavy atom. The zero-order valence-electron chi connectivity index (χ0n) is 19.8. The van der Waals surface area contributed by atoms with Crippen LogP contribution >= 0.6 is 0 Å². The van der Waals surface area contributed by atoms with E-state index in [4.69, 9.17) is 13.3 Å². The summed E-state index contributed by atoms with van der Waals surface area (Å²) in [4.78, 5) is 4.75. The summed E-state index contributed by atoms with van der Waals surface area (Å²) in [5.74, 6) is 0. The highest BCUT2D eigenvalue weighted by Gasteiger charge is 2.39. The zero-order chi connectivity index (χ0) is 21.8. The van der Waals surface area contributed by atoms with Crippen LogP contribution in [0.4, 0.5) is 5.69 Å². The van der Waals surface area contributed by atoms with E-state index in [0.717, 1.165) is 38.5 Å². The second-order valence-electron chi connectivity index (χ2n) is 7.77. The maximum atomic E-state index is 5.99. The van der Waals surface area contributed by atoms with E-state index in [1.54, 1.807) is 0 Å². The van der Waals surface area contributed by atoms with Gasteiger partial charge in [-0.3, -0.25) is 0 Å². The van der Waals surface area contributed by atoms with Crippen molar-refractivity contribution in [2.24, 2.45) is 0 Å². The predicted molar refractivity (Wildman–Crippen MR) is 128 cm³/mol. The quantitative estimate of drug-likeness (QED) is 0.337. The minimum Gasteiger partial charge on any atom is -0.374 e. The van der Waals surface area contributed by atoms with Gasteiger partial charge in [-0.15, -0.1) is 0 Å². The largest absolute Gasteiger partial charge is 0.500 e. The predicted octanol–water partition coefficient (Wildman–Crippen LogP) is 5.58. The van der Waals surface area contributed by atoms with Crippen LogP contribution in [0.25, 0.3) is 0 Å². The van der Waals surface area contributed by atoms with Crippen LogP contribution in [-0.2, 0) is 26.1 Å². The highest BCUT2D eigenvalue weighted by molar-refractivity contribution is 6.60. The van der Waals surface area contributed by atoms with E-state index in [9.17, 15) is 0 Å². The fourth-order valence-corrected chi connectivity index (χ4v) is 6.69. The normalized spacial score (nSPS) is 14.2. The Kier molecular flexibility index (Phi) is 10.9. The molecule has 30 heavy (non-hydrogen) atoms. The monoisotopic (exact) mass is 434 g/mol. The third-order valence-corrected chi connectivity index (χ3v) is 8.48. The SMILES string of the molecule is CCCc1ccc(N2C=CN(CCC[Si](OCC)(OCC)OCC)C2)c(CCC)c1. The molecule has 1 heterocycles. The molecule has 6 heteroatoms. The molecule has 0 unspecified atom stereocenters. The van der Waals surface area contributed by atoms with E-state index in [-0.39, 0.29) is 0 Å². The van der Waals surface area contributed by atoms with Crippen LogP contribution in [0.15, 0.2) is 30.6 Å². The number of rotatable bonds is 15. The second kappa shape index (κ2) is 13.2. The topological polar surface area (TPSA) is 34.2 Å². The fraction of sp³-hybridized carbons (Fsp3) is 0.667. The molecule has 0 saturated heterocycles. The van der Waals surface area contributed by atoms with Crippen molar-refractivity contribution < 1.29 is 13.3 Å². The first-order chi connectivity index (χ1) is 14.6. The van der Waals surface area contributed by atoms with E-state index >= 15 is 0 Å². The molecule has 0 atom stereocenters. The van der Waals surface area contributed by atoms with Gasteiger partial charge in [-0.1, -0.05) is 38.8 Å². The highest BCUT2D eigenvalue weighted by Crippen LogP contribution is 2.27. The van der Waals surface area contributed by atoms with Crippen LogP contribution in [0, 0.1) is 0 Å². The summed E-state index contributed by atoms with van der Waals surface area (Å²) in [7, 11) is -2.55. The molecule has 0 amide bonds. The fourth-order valence-electron chi connectivity index (χ4n) is 4.10. The van der Waals surface area contributed by atoms with Gasteiger partial charge in [-0.2, -0.15) is 0 Å². The number of aryl methyl sites for hydroxylation is 2. The molecule has 0 bridgehead atoms. The van der Waals surface area contributed by atoms with Crippen LogP contribution in [0.5, 0.6) is 0 Å². The molecule has 0 aliphatic carbocycles. The number of nitrogens with zero attached hydrogens (tertiary/aromatic N) is 2. The summed E-state index contributed by atoms with van der Waals surface area (Å²) in [6, 6.07) is 7.87. The van der Waals surface area contributed by atoms with Gasteiger partial charge in [0.25, 0.3) is 0 Å². The first-order valence-corrected chi connectivity index (χ1v) is 13.8. The Balaban J connectivity index is 1.95. The zero-order valence-corrected chi connectivity index (χ0v) is 20.8. The van der Waals surface area contributed by atoms with E-state index < -0.39 is 8.80 Å². The van der Waals surface area contributed by atoms with Gasteiger partial charge in [-0.05, 0) is 57.2 Å². The van der Waals surface area contributed by atoms with Gasteiger partial charge in [0.1, 0.15) is 0 Å². The minimum atomic E-state index is -2.55. The molecule has 0 saturated carbocycles. The van der Waals surface area contributed by atoms with Crippen molar-refractivity contribution in [1.82, 2.24) is 4.90 Å². The number of anilines is 1. The molecule has 0 N–H and O–H groups in total. The lowest BCUT2D eigenvalue weighted by molar-refractivity contribution is 0.0703. The van der Waals surface area contributed by atoms with Crippen molar-refractivity contribution in [1.29, 1.82) is 0 Å². The van der Waals surface area contributed by atoms with Gasteiger partial charge in [0.2, 0.25) is 0 Å². The molecule has 5 nitrogen and oxygen atoms in total. The Labute approximate surface area is 185 Å². The smallest absolute Gasteiger partial charge is 0.374 e. The Hall–Kier alpha value is -1.34. The summed E-state index contributed by atoms with van der Waals surface area (Å²) in [6.45, 7) is 14.3. The van der Waals surface area contributed by atoms with Crippen LogP contribution in [0.1, 0.15) is 65.0 Å². The van der Waals surface area contributed by atoms with E-state index in [0.29, 0.717) is 19.8 Å². The third kappa shape index (κ3) is 7.12. The molecule has 0 fully saturated rings. The van der Waals surface area contributed by atoms with Crippen LogP contribution < -0.4 is 4.90 Å². The highest BCUT2D eigenvalue weighted by atomic mass is 28.4. The van der Waals surface area contributed by atoms with E-state index in [1.807, 2.05) is 20.8 Å². The number of hydrogen-bond donors (Lipinski definition) is 0. The number of hydrogen-bond acceptors (Lipinski definition) is 5. The molecule has 1 aliphatic rings. The maximum absolute atomic E-state index is 5.99. The summed E-state index contributed by atoms with van der Waals surface area (Å²) >= 11 is 0. The Bertz CT molecular complexity index is 636. The molecule has 2 rings (SSSR count). The van der Waals surface area contributed by atoms with Crippen molar-refractivity contribution in [3.8, 4) is 0 Å². The van der Waals surface area contributed by atoms with Gasteiger partial charge in [0, 0.05) is 50.5 Å². The molecule has 170 valence electrons. The lowest BCUT2D eigenvalue weighted by Crippen LogP contribution is -2.46. The molecule has 0 radical (unpaired) electrons.